The Balaban J connectivity index is 1.71. The summed E-state index contributed by atoms with van der Waals surface area (Å²) in [5.74, 6) is -4.37. The highest BCUT2D eigenvalue weighted by Crippen LogP contribution is 2.62. The van der Waals surface area contributed by atoms with Crippen molar-refractivity contribution in [2.45, 2.75) is 74.8 Å². The van der Waals surface area contributed by atoms with Crippen molar-refractivity contribution in [1.82, 2.24) is 0 Å². The first-order valence-electron chi connectivity index (χ1n) is 9.07. The summed E-state index contributed by atoms with van der Waals surface area (Å²) in [5, 5.41) is -6.65. The van der Waals surface area contributed by atoms with E-state index in [0.29, 0.717) is 37.0 Å². The van der Waals surface area contributed by atoms with Gasteiger partial charge in [0, 0.05) is 6.42 Å². The summed E-state index contributed by atoms with van der Waals surface area (Å²) in [6.45, 7) is 0. The van der Waals surface area contributed by atoms with Crippen molar-refractivity contribution in [2.24, 2.45) is 23.2 Å². The standard InChI is InChI=1S/C16H20F8O4S/c17-13(18,14(19,20)28-15(21,22)16(23,24)29(25,26)27)2-1-12-6-9-3-10(7-12)5-11(4-9)8-12/h9-11H,1-8H2,(H,25,26,27)/p-1. The van der Waals surface area contributed by atoms with Gasteiger partial charge >= 0.3 is 23.4 Å². The van der Waals surface area contributed by atoms with Crippen molar-refractivity contribution in [3.05, 3.63) is 0 Å². The zero-order valence-electron chi connectivity index (χ0n) is 15.0. The van der Waals surface area contributed by atoms with Gasteiger partial charge in [0.15, 0.2) is 10.1 Å². The van der Waals surface area contributed by atoms with E-state index in [9.17, 15) is 48.1 Å². The summed E-state index contributed by atoms with van der Waals surface area (Å²) in [6.07, 6.45) is -10.3. The molecule has 0 aromatic rings. The van der Waals surface area contributed by atoms with E-state index in [0.717, 1.165) is 19.3 Å². The monoisotopic (exact) mass is 459 g/mol. The van der Waals surface area contributed by atoms with Crippen molar-refractivity contribution >= 4 is 10.1 Å². The summed E-state index contributed by atoms with van der Waals surface area (Å²) in [5.41, 5.74) is -0.626. The summed E-state index contributed by atoms with van der Waals surface area (Å²) in [7, 11) is -7.16. The van der Waals surface area contributed by atoms with E-state index in [2.05, 4.69) is 4.74 Å². The summed E-state index contributed by atoms with van der Waals surface area (Å²) in [6, 6.07) is 0. The molecule has 4 bridgehead atoms. The molecule has 4 nitrogen and oxygen atoms in total. The van der Waals surface area contributed by atoms with E-state index in [4.69, 9.17) is 0 Å². The van der Waals surface area contributed by atoms with E-state index in [-0.39, 0.29) is 0 Å². The Morgan fingerprint density at radius 3 is 1.62 bits per heavy atom. The van der Waals surface area contributed by atoms with Gasteiger partial charge in [-0.15, -0.1) is 0 Å². The molecule has 170 valence electrons. The first-order chi connectivity index (χ1) is 12.9. The molecule has 0 aliphatic heterocycles. The zero-order valence-corrected chi connectivity index (χ0v) is 15.8. The molecule has 4 fully saturated rings. The summed E-state index contributed by atoms with van der Waals surface area (Å²) < 4.78 is 141. The highest BCUT2D eigenvalue weighted by molar-refractivity contribution is 7.86. The van der Waals surface area contributed by atoms with Gasteiger partial charge in [-0.3, -0.25) is 0 Å². The highest BCUT2D eigenvalue weighted by Gasteiger charge is 2.71. The Labute approximate surface area is 161 Å². The number of hydrogen-bond donors (Lipinski definition) is 0. The van der Waals surface area contributed by atoms with Crippen LogP contribution < -0.4 is 0 Å². The predicted molar refractivity (Wildman–Crippen MR) is 80.4 cm³/mol. The van der Waals surface area contributed by atoms with Gasteiger partial charge in [-0.1, -0.05) is 0 Å². The Bertz CT molecular complexity index is 717. The molecular formula is C16H19F8O4S-. The van der Waals surface area contributed by atoms with Gasteiger partial charge in [-0.2, -0.15) is 35.1 Å². The summed E-state index contributed by atoms with van der Waals surface area (Å²) in [4.78, 5) is 0. The average molecular weight is 459 g/mol. The normalized spacial score (nSPS) is 33.3. The van der Waals surface area contributed by atoms with Gasteiger partial charge in [-0.25, -0.2) is 13.2 Å². The maximum absolute atomic E-state index is 14.0. The number of alkyl halides is 8. The average Bonchev–Trinajstić information content (AvgIpc) is 2.49. The minimum absolute atomic E-state index is 0.303. The third-order valence-corrected chi connectivity index (χ3v) is 7.33. The molecule has 29 heavy (non-hydrogen) atoms. The van der Waals surface area contributed by atoms with Gasteiger partial charge in [0.05, 0.1) is 0 Å². The summed E-state index contributed by atoms with van der Waals surface area (Å²) >= 11 is 0. The number of halogens is 8. The third-order valence-electron chi connectivity index (χ3n) is 6.47. The Kier molecular flexibility index (Phi) is 5.27. The van der Waals surface area contributed by atoms with Crippen LogP contribution in [0.2, 0.25) is 0 Å². The lowest BCUT2D eigenvalue weighted by Crippen LogP contribution is -2.56. The fraction of sp³-hybridized carbons (Fsp3) is 1.00. The molecule has 0 saturated heterocycles. The molecule has 0 N–H and O–H groups in total. The third kappa shape index (κ3) is 3.98. The smallest absolute Gasteiger partial charge is 0.438 e. The lowest BCUT2D eigenvalue weighted by molar-refractivity contribution is -0.457. The SMILES string of the molecule is O=S(=O)([O-])C(F)(F)C(F)(F)OC(F)(F)C(F)(F)CCC12CC3CC(CC(C3)C1)C2. The zero-order chi connectivity index (χ0) is 22.1. The van der Waals surface area contributed by atoms with Crippen LogP contribution in [-0.4, -0.2) is 36.4 Å². The quantitative estimate of drug-likeness (QED) is 0.380. The molecule has 0 amide bonds. The van der Waals surface area contributed by atoms with Gasteiger partial charge in [0.2, 0.25) is 0 Å². The van der Waals surface area contributed by atoms with Crippen molar-refractivity contribution < 1.29 is 52.8 Å². The topological polar surface area (TPSA) is 66.4 Å². The Morgan fingerprint density at radius 2 is 1.24 bits per heavy atom. The van der Waals surface area contributed by atoms with Crippen LogP contribution in [0.3, 0.4) is 0 Å². The predicted octanol–water partition coefficient (Wildman–Crippen LogP) is 4.96. The molecule has 4 aliphatic carbocycles. The van der Waals surface area contributed by atoms with Crippen LogP contribution in [0.4, 0.5) is 35.1 Å². The van der Waals surface area contributed by atoms with Crippen LogP contribution in [0, 0.1) is 23.2 Å². The molecule has 0 radical (unpaired) electrons. The van der Waals surface area contributed by atoms with Crippen LogP contribution >= 0.6 is 0 Å². The van der Waals surface area contributed by atoms with Crippen LogP contribution in [0.5, 0.6) is 0 Å². The Morgan fingerprint density at radius 1 is 0.828 bits per heavy atom. The second-order valence-electron chi connectivity index (χ2n) is 8.73. The molecular weight excluding hydrogens is 440 g/mol. The molecule has 0 atom stereocenters. The first kappa shape index (κ1) is 23.0. The molecule has 0 heterocycles. The number of ether oxygens (including phenoxy) is 1. The van der Waals surface area contributed by atoms with Gasteiger partial charge < -0.3 is 4.55 Å². The minimum atomic E-state index is -7.16. The molecule has 0 aromatic heterocycles. The second kappa shape index (κ2) is 6.65. The lowest BCUT2D eigenvalue weighted by Gasteiger charge is -2.57. The Hall–Kier alpha value is -0.690. The van der Waals surface area contributed by atoms with Crippen LogP contribution in [-0.2, 0) is 14.9 Å². The lowest BCUT2D eigenvalue weighted by atomic mass is 9.48. The van der Waals surface area contributed by atoms with Crippen molar-refractivity contribution in [3.8, 4) is 0 Å². The van der Waals surface area contributed by atoms with Crippen molar-refractivity contribution in [3.63, 3.8) is 0 Å². The molecule has 13 heteroatoms. The maximum Gasteiger partial charge on any atom is 0.438 e. The fourth-order valence-corrected chi connectivity index (χ4v) is 5.94. The molecule has 4 saturated carbocycles. The fourth-order valence-electron chi connectivity index (χ4n) is 5.60. The first-order valence-corrected chi connectivity index (χ1v) is 10.5. The molecule has 4 rings (SSSR count). The van der Waals surface area contributed by atoms with Gasteiger partial charge in [0.1, 0.15) is 0 Å². The van der Waals surface area contributed by atoms with E-state index >= 15 is 0 Å². The largest absolute Gasteiger partial charge is 0.743 e. The molecule has 0 unspecified atom stereocenters. The van der Waals surface area contributed by atoms with Crippen molar-refractivity contribution in [1.29, 1.82) is 0 Å². The second-order valence-corrected chi connectivity index (χ2v) is 10.1. The van der Waals surface area contributed by atoms with Gasteiger partial charge in [0.25, 0.3) is 0 Å². The molecule has 0 aromatic carbocycles. The van der Waals surface area contributed by atoms with E-state index in [1.165, 1.54) is 0 Å². The maximum atomic E-state index is 14.0. The van der Waals surface area contributed by atoms with Crippen molar-refractivity contribution in [2.75, 3.05) is 0 Å². The van der Waals surface area contributed by atoms with E-state index in [1.54, 1.807) is 0 Å². The minimum Gasteiger partial charge on any atom is -0.743 e. The number of rotatable bonds is 8. The number of hydrogen-bond acceptors (Lipinski definition) is 4. The van der Waals surface area contributed by atoms with Crippen LogP contribution in [0.15, 0.2) is 0 Å². The highest BCUT2D eigenvalue weighted by atomic mass is 32.2. The molecule has 4 aliphatic rings. The molecule has 0 spiro atoms. The van der Waals surface area contributed by atoms with E-state index < -0.39 is 51.8 Å². The van der Waals surface area contributed by atoms with Crippen LogP contribution in [0.25, 0.3) is 0 Å². The van der Waals surface area contributed by atoms with Crippen LogP contribution in [0.1, 0.15) is 51.4 Å². The van der Waals surface area contributed by atoms with Gasteiger partial charge in [-0.05, 0) is 68.1 Å². The van der Waals surface area contributed by atoms with E-state index in [1.807, 2.05) is 0 Å².